The molecule has 0 aliphatic heterocycles. The Hall–Kier alpha value is -2.34. The lowest BCUT2D eigenvalue weighted by Crippen LogP contribution is -2.38. The Labute approximate surface area is 155 Å². The molecule has 0 aliphatic carbocycles. The number of amides is 1. The molecule has 0 fully saturated rings. The fourth-order valence-corrected chi connectivity index (χ4v) is 3.06. The van der Waals surface area contributed by atoms with Gasteiger partial charge in [0.1, 0.15) is 5.75 Å². The van der Waals surface area contributed by atoms with Crippen molar-refractivity contribution in [1.29, 1.82) is 0 Å². The van der Waals surface area contributed by atoms with Crippen LogP contribution in [0.2, 0.25) is 0 Å². The number of benzene rings is 2. The second-order valence-electron chi connectivity index (χ2n) is 6.37. The largest absolute Gasteiger partial charge is 0.383 e. The van der Waals surface area contributed by atoms with Crippen LogP contribution in [0, 0.1) is 0 Å². The third-order valence-corrected chi connectivity index (χ3v) is 4.66. The highest BCUT2D eigenvalue weighted by Gasteiger charge is 2.19. The van der Waals surface area contributed by atoms with Crippen LogP contribution >= 0.6 is 0 Å². The SMILES string of the molecule is CCC(C)N(Cc1ccc(OS(C)(=O)=O)cc1)C(=O)Cc1ccccc1. The van der Waals surface area contributed by atoms with E-state index in [1.165, 1.54) is 0 Å². The molecule has 1 amide bonds. The third kappa shape index (κ3) is 6.19. The summed E-state index contributed by atoms with van der Waals surface area (Å²) < 4.78 is 27.2. The monoisotopic (exact) mass is 375 g/mol. The summed E-state index contributed by atoms with van der Waals surface area (Å²) in [4.78, 5) is 14.7. The van der Waals surface area contributed by atoms with Crippen molar-refractivity contribution in [3.8, 4) is 5.75 Å². The first kappa shape index (κ1) is 20.0. The van der Waals surface area contributed by atoms with Gasteiger partial charge in [0.15, 0.2) is 0 Å². The zero-order valence-corrected chi connectivity index (χ0v) is 16.2. The molecule has 0 heterocycles. The molecule has 0 aromatic heterocycles. The molecule has 0 bridgehead atoms. The molecule has 0 radical (unpaired) electrons. The van der Waals surface area contributed by atoms with Gasteiger partial charge in [0.25, 0.3) is 0 Å². The Morgan fingerprint density at radius 2 is 1.65 bits per heavy atom. The summed E-state index contributed by atoms with van der Waals surface area (Å²) in [6, 6.07) is 16.6. The smallest absolute Gasteiger partial charge is 0.306 e. The van der Waals surface area contributed by atoms with Crippen LogP contribution in [0.5, 0.6) is 5.75 Å². The van der Waals surface area contributed by atoms with Gasteiger partial charge < -0.3 is 9.08 Å². The molecule has 0 saturated heterocycles. The molecule has 2 aromatic rings. The van der Waals surface area contributed by atoms with Crippen molar-refractivity contribution in [3.63, 3.8) is 0 Å². The molecular formula is C20H25NO4S. The maximum atomic E-state index is 12.8. The van der Waals surface area contributed by atoms with Crippen LogP contribution in [0.25, 0.3) is 0 Å². The molecule has 0 aliphatic rings. The average molecular weight is 375 g/mol. The van der Waals surface area contributed by atoms with Crippen LogP contribution in [-0.2, 0) is 27.9 Å². The van der Waals surface area contributed by atoms with Crippen LogP contribution in [0.1, 0.15) is 31.4 Å². The van der Waals surface area contributed by atoms with Gasteiger partial charge >= 0.3 is 10.1 Å². The molecule has 2 rings (SSSR count). The van der Waals surface area contributed by atoms with Crippen LogP contribution < -0.4 is 4.18 Å². The van der Waals surface area contributed by atoms with E-state index in [1.807, 2.05) is 42.2 Å². The summed E-state index contributed by atoms with van der Waals surface area (Å²) in [5.74, 6) is 0.337. The lowest BCUT2D eigenvalue weighted by molar-refractivity contribution is -0.133. The van der Waals surface area contributed by atoms with E-state index in [0.29, 0.717) is 13.0 Å². The highest BCUT2D eigenvalue weighted by Crippen LogP contribution is 2.18. The van der Waals surface area contributed by atoms with Gasteiger partial charge in [-0.3, -0.25) is 4.79 Å². The molecule has 140 valence electrons. The van der Waals surface area contributed by atoms with Gasteiger partial charge in [0.2, 0.25) is 5.91 Å². The van der Waals surface area contributed by atoms with E-state index in [2.05, 4.69) is 6.92 Å². The van der Waals surface area contributed by atoms with Crippen LogP contribution in [-0.4, -0.2) is 31.5 Å². The fraction of sp³-hybridized carbons (Fsp3) is 0.350. The molecule has 5 nitrogen and oxygen atoms in total. The summed E-state index contributed by atoms with van der Waals surface area (Å²) in [5, 5.41) is 0. The van der Waals surface area contributed by atoms with Crippen molar-refractivity contribution < 1.29 is 17.4 Å². The van der Waals surface area contributed by atoms with Crippen molar-refractivity contribution >= 4 is 16.0 Å². The standard InChI is InChI=1S/C20H25NO4S/c1-4-16(2)21(20(22)14-17-8-6-5-7-9-17)15-18-10-12-19(13-11-18)25-26(3,23)24/h5-13,16H,4,14-15H2,1-3H3. The number of nitrogens with zero attached hydrogens (tertiary/aromatic N) is 1. The Morgan fingerprint density at radius 1 is 1.04 bits per heavy atom. The van der Waals surface area contributed by atoms with E-state index in [4.69, 9.17) is 4.18 Å². The van der Waals surface area contributed by atoms with Gasteiger partial charge in [0.05, 0.1) is 12.7 Å². The summed E-state index contributed by atoms with van der Waals surface area (Å²) in [6.45, 7) is 4.56. The first-order valence-corrected chi connectivity index (χ1v) is 10.4. The van der Waals surface area contributed by atoms with Crippen LogP contribution in [0.4, 0.5) is 0 Å². The number of hydrogen-bond donors (Lipinski definition) is 0. The Morgan fingerprint density at radius 3 is 2.19 bits per heavy atom. The normalized spacial score (nSPS) is 12.4. The first-order chi connectivity index (χ1) is 12.3. The van der Waals surface area contributed by atoms with Crippen molar-refractivity contribution in [2.45, 2.75) is 39.3 Å². The third-order valence-electron chi connectivity index (χ3n) is 4.17. The number of hydrogen-bond acceptors (Lipinski definition) is 4. The van der Waals surface area contributed by atoms with E-state index in [-0.39, 0.29) is 17.7 Å². The zero-order valence-electron chi connectivity index (χ0n) is 15.4. The maximum absolute atomic E-state index is 12.8. The molecule has 2 aromatic carbocycles. The van der Waals surface area contributed by atoms with Crippen LogP contribution in [0.15, 0.2) is 54.6 Å². The van der Waals surface area contributed by atoms with E-state index in [9.17, 15) is 13.2 Å². The van der Waals surface area contributed by atoms with Crippen molar-refractivity contribution in [2.24, 2.45) is 0 Å². The summed E-state index contributed by atoms with van der Waals surface area (Å²) in [7, 11) is -3.54. The zero-order chi connectivity index (χ0) is 19.2. The summed E-state index contributed by atoms with van der Waals surface area (Å²) in [6.07, 6.45) is 2.23. The average Bonchev–Trinajstić information content (AvgIpc) is 2.60. The summed E-state index contributed by atoms with van der Waals surface area (Å²) in [5.41, 5.74) is 1.91. The van der Waals surface area contributed by atoms with E-state index in [1.54, 1.807) is 24.3 Å². The highest BCUT2D eigenvalue weighted by molar-refractivity contribution is 7.86. The lowest BCUT2D eigenvalue weighted by atomic mass is 10.1. The molecule has 26 heavy (non-hydrogen) atoms. The number of rotatable bonds is 8. The predicted molar refractivity (Wildman–Crippen MR) is 102 cm³/mol. The molecule has 0 saturated carbocycles. The van der Waals surface area contributed by atoms with Crippen molar-refractivity contribution in [3.05, 3.63) is 65.7 Å². The molecule has 1 atom stereocenters. The topological polar surface area (TPSA) is 63.7 Å². The van der Waals surface area contributed by atoms with Gasteiger partial charge in [-0.05, 0) is 36.6 Å². The van der Waals surface area contributed by atoms with Gasteiger partial charge in [-0.25, -0.2) is 0 Å². The molecular weight excluding hydrogens is 350 g/mol. The lowest BCUT2D eigenvalue weighted by Gasteiger charge is -2.29. The van der Waals surface area contributed by atoms with E-state index < -0.39 is 10.1 Å². The van der Waals surface area contributed by atoms with Gasteiger partial charge in [-0.15, -0.1) is 0 Å². The minimum atomic E-state index is -3.54. The van der Waals surface area contributed by atoms with Gasteiger partial charge in [-0.2, -0.15) is 8.42 Å². The predicted octanol–water partition coefficient (Wildman–Crippen LogP) is 3.39. The Bertz CT molecular complexity index is 817. The molecule has 0 N–H and O–H groups in total. The van der Waals surface area contributed by atoms with Gasteiger partial charge in [-0.1, -0.05) is 49.4 Å². The minimum Gasteiger partial charge on any atom is -0.383 e. The van der Waals surface area contributed by atoms with Gasteiger partial charge in [0, 0.05) is 12.6 Å². The number of carbonyl (C=O) groups excluding carboxylic acids is 1. The van der Waals surface area contributed by atoms with Crippen molar-refractivity contribution in [2.75, 3.05) is 6.26 Å². The molecule has 0 spiro atoms. The summed E-state index contributed by atoms with van der Waals surface area (Å²) >= 11 is 0. The fourth-order valence-electron chi connectivity index (χ4n) is 2.60. The van der Waals surface area contributed by atoms with E-state index >= 15 is 0 Å². The molecule has 1 unspecified atom stereocenters. The Kier molecular flexibility index (Phi) is 6.80. The Balaban J connectivity index is 2.11. The second kappa shape index (κ2) is 8.85. The number of carbonyl (C=O) groups is 1. The molecule has 6 heteroatoms. The quantitative estimate of drug-likeness (QED) is 0.664. The maximum Gasteiger partial charge on any atom is 0.306 e. The first-order valence-electron chi connectivity index (χ1n) is 8.60. The highest BCUT2D eigenvalue weighted by atomic mass is 32.2. The minimum absolute atomic E-state index is 0.0713. The van der Waals surface area contributed by atoms with E-state index in [0.717, 1.165) is 23.8 Å². The van der Waals surface area contributed by atoms with Crippen LogP contribution in [0.3, 0.4) is 0 Å². The second-order valence-corrected chi connectivity index (χ2v) is 7.95. The van der Waals surface area contributed by atoms with Crippen molar-refractivity contribution in [1.82, 2.24) is 4.90 Å².